The van der Waals surface area contributed by atoms with E-state index in [1.165, 1.54) is 12.1 Å². The Hall–Kier alpha value is -4.30. The van der Waals surface area contributed by atoms with Gasteiger partial charge < -0.3 is 20.5 Å². The molecule has 8 heteroatoms. The van der Waals surface area contributed by atoms with E-state index in [1.807, 2.05) is 37.3 Å². The Morgan fingerprint density at radius 2 is 1.73 bits per heavy atom. The normalized spacial score (nSPS) is 16.9. The van der Waals surface area contributed by atoms with Gasteiger partial charge in [-0.25, -0.2) is 13.8 Å². The largest absolute Gasteiger partial charge is 0.496 e. The molecule has 3 heterocycles. The van der Waals surface area contributed by atoms with Crippen LogP contribution in [0.15, 0.2) is 60.7 Å². The van der Waals surface area contributed by atoms with Gasteiger partial charge in [0.25, 0.3) is 5.91 Å². The molecule has 6 rings (SSSR count). The van der Waals surface area contributed by atoms with Crippen molar-refractivity contribution in [2.24, 2.45) is 0 Å². The average molecular weight is 500 g/mol. The topological polar surface area (TPSA) is 86.5 Å². The summed E-state index contributed by atoms with van der Waals surface area (Å²) in [5.41, 5.74) is 12.5. The number of nitrogens with one attached hydrogen (secondary N) is 1. The Balaban J connectivity index is 1.26. The van der Waals surface area contributed by atoms with Gasteiger partial charge in [0.2, 0.25) is 0 Å². The molecular weight excluding hydrogens is 476 g/mol. The average Bonchev–Trinajstić information content (AvgIpc) is 3.44. The number of benzene rings is 3. The Morgan fingerprint density at radius 1 is 1.00 bits per heavy atom. The maximum Gasteiger partial charge on any atom is 0.251 e. The van der Waals surface area contributed by atoms with Crippen molar-refractivity contribution in [3.8, 4) is 16.9 Å². The van der Waals surface area contributed by atoms with Crippen molar-refractivity contribution in [3.05, 3.63) is 111 Å². The van der Waals surface area contributed by atoms with Crippen LogP contribution in [-0.4, -0.2) is 18.0 Å². The summed E-state index contributed by atoms with van der Waals surface area (Å²) in [4.78, 5) is 17.3. The highest BCUT2D eigenvalue weighted by molar-refractivity contribution is 5.94. The number of fused-ring (bicyclic) bond motifs is 8. The van der Waals surface area contributed by atoms with Crippen LogP contribution in [0.25, 0.3) is 11.1 Å². The number of amides is 1. The monoisotopic (exact) mass is 499 g/mol. The molecule has 1 amide bonds. The quantitative estimate of drug-likeness (QED) is 0.385. The predicted octanol–water partition coefficient (Wildman–Crippen LogP) is 5.38. The molecule has 0 saturated heterocycles. The van der Waals surface area contributed by atoms with Gasteiger partial charge in [-0.15, -0.1) is 0 Å². The lowest BCUT2D eigenvalue weighted by Crippen LogP contribution is -2.24. The minimum absolute atomic E-state index is 0.232. The molecule has 3 N–H and O–H groups in total. The fourth-order valence-electron chi connectivity index (χ4n) is 5.24. The zero-order valence-electron chi connectivity index (χ0n) is 20.1. The molecule has 0 fully saturated rings. The highest BCUT2D eigenvalue weighted by Crippen LogP contribution is 2.54. The molecule has 0 saturated carbocycles. The number of aromatic nitrogens is 1. The number of nitrogen functional groups attached to an aromatic ring is 1. The standard InChI is InChI=1S/C29H23F2N3O3/c1-14-23(25(36-2)12-26(32)34-14)13-33-29(35)16-4-7-20-22(10-16)28-21-9-15(3-6-19(21)27(20)37-28)18-8-5-17(30)11-24(18)31/h3-12,27-28H,13H2,1-2H3,(H2,32,34)(H,33,35)/t27-,28+/m0/s1. The van der Waals surface area contributed by atoms with Gasteiger partial charge in [0.05, 0.1) is 7.11 Å². The number of anilines is 1. The van der Waals surface area contributed by atoms with Crippen LogP contribution in [0.5, 0.6) is 5.75 Å². The number of methoxy groups -OCH3 is 1. The fraction of sp³-hybridized carbons (Fsp3) is 0.172. The van der Waals surface area contributed by atoms with Crippen molar-refractivity contribution in [3.63, 3.8) is 0 Å². The third-order valence-corrected chi connectivity index (χ3v) is 7.04. The first-order valence-electron chi connectivity index (χ1n) is 11.8. The highest BCUT2D eigenvalue weighted by atomic mass is 19.1. The van der Waals surface area contributed by atoms with Crippen LogP contribution in [0.1, 0.15) is 56.1 Å². The number of pyridine rings is 1. The summed E-state index contributed by atoms with van der Waals surface area (Å²) in [5.74, 6) is -0.567. The van der Waals surface area contributed by atoms with Crippen LogP contribution < -0.4 is 15.8 Å². The number of carbonyl (C=O) groups is 1. The van der Waals surface area contributed by atoms with Crippen molar-refractivity contribution >= 4 is 11.7 Å². The van der Waals surface area contributed by atoms with Crippen LogP contribution in [0.3, 0.4) is 0 Å². The summed E-state index contributed by atoms with van der Waals surface area (Å²) < 4.78 is 39.5. The second-order valence-electron chi connectivity index (χ2n) is 9.20. The molecule has 2 bridgehead atoms. The Kier molecular flexibility index (Phi) is 5.42. The molecule has 37 heavy (non-hydrogen) atoms. The van der Waals surface area contributed by atoms with Crippen molar-refractivity contribution in [2.75, 3.05) is 12.8 Å². The van der Waals surface area contributed by atoms with E-state index in [0.29, 0.717) is 34.0 Å². The minimum atomic E-state index is -0.620. The molecule has 1 aromatic heterocycles. The maximum absolute atomic E-state index is 14.4. The molecule has 2 aliphatic heterocycles. The molecule has 2 aliphatic rings. The number of nitrogens with zero attached hydrogens (tertiary/aromatic N) is 1. The second kappa shape index (κ2) is 8.67. The smallest absolute Gasteiger partial charge is 0.251 e. The summed E-state index contributed by atoms with van der Waals surface area (Å²) in [6, 6.07) is 16.4. The van der Waals surface area contributed by atoms with Crippen LogP contribution in [-0.2, 0) is 11.3 Å². The Bertz CT molecular complexity index is 1590. The van der Waals surface area contributed by atoms with Crippen LogP contribution in [0, 0.1) is 18.6 Å². The van der Waals surface area contributed by atoms with Gasteiger partial charge in [0.15, 0.2) is 0 Å². The van der Waals surface area contributed by atoms with Gasteiger partial charge >= 0.3 is 0 Å². The first kappa shape index (κ1) is 23.1. The number of ether oxygens (including phenoxy) is 2. The molecule has 186 valence electrons. The fourth-order valence-corrected chi connectivity index (χ4v) is 5.24. The van der Waals surface area contributed by atoms with E-state index in [0.717, 1.165) is 33.9 Å². The Morgan fingerprint density at radius 3 is 2.49 bits per heavy atom. The summed E-state index contributed by atoms with van der Waals surface area (Å²) in [6.45, 7) is 2.05. The number of hydrogen-bond acceptors (Lipinski definition) is 5. The zero-order valence-corrected chi connectivity index (χ0v) is 20.1. The van der Waals surface area contributed by atoms with Gasteiger partial charge in [-0.3, -0.25) is 4.79 Å². The lowest BCUT2D eigenvalue weighted by atomic mass is 9.83. The lowest BCUT2D eigenvalue weighted by molar-refractivity contribution is 0.0857. The lowest BCUT2D eigenvalue weighted by Gasteiger charge is -2.18. The highest BCUT2D eigenvalue weighted by Gasteiger charge is 2.43. The van der Waals surface area contributed by atoms with Gasteiger partial charge in [0, 0.05) is 41.1 Å². The minimum Gasteiger partial charge on any atom is -0.496 e. The summed E-state index contributed by atoms with van der Waals surface area (Å²) in [7, 11) is 1.54. The third-order valence-electron chi connectivity index (χ3n) is 7.04. The first-order valence-corrected chi connectivity index (χ1v) is 11.8. The third kappa shape index (κ3) is 3.81. The van der Waals surface area contributed by atoms with E-state index < -0.39 is 11.6 Å². The Labute approximate surface area is 212 Å². The molecule has 6 nitrogen and oxygen atoms in total. The number of carbonyl (C=O) groups excluding carboxylic acids is 1. The zero-order chi connectivity index (χ0) is 25.8. The van der Waals surface area contributed by atoms with Gasteiger partial charge in [-0.05, 0) is 65.1 Å². The number of aryl methyl sites for hydroxylation is 1. The maximum atomic E-state index is 14.4. The van der Waals surface area contributed by atoms with Crippen molar-refractivity contribution < 1.29 is 23.0 Å². The molecule has 0 radical (unpaired) electrons. The van der Waals surface area contributed by atoms with E-state index >= 15 is 0 Å². The summed E-state index contributed by atoms with van der Waals surface area (Å²) >= 11 is 0. The van der Waals surface area contributed by atoms with Crippen LogP contribution >= 0.6 is 0 Å². The number of rotatable bonds is 5. The van der Waals surface area contributed by atoms with Crippen molar-refractivity contribution in [2.45, 2.75) is 25.7 Å². The second-order valence-corrected chi connectivity index (χ2v) is 9.20. The summed E-state index contributed by atoms with van der Waals surface area (Å²) in [6.07, 6.45) is -0.609. The van der Waals surface area contributed by atoms with Gasteiger partial charge in [-0.2, -0.15) is 0 Å². The molecule has 0 aliphatic carbocycles. The van der Waals surface area contributed by atoms with E-state index in [1.54, 1.807) is 19.2 Å². The molecule has 0 spiro atoms. The van der Waals surface area contributed by atoms with E-state index in [-0.39, 0.29) is 24.7 Å². The molecule has 4 aromatic rings. The first-order chi connectivity index (χ1) is 17.8. The van der Waals surface area contributed by atoms with Crippen molar-refractivity contribution in [1.82, 2.24) is 10.3 Å². The number of halogens is 2. The summed E-state index contributed by atoms with van der Waals surface area (Å²) in [5, 5.41) is 2.93. The predicted molar refractivity (Wildman–Crippen MR) is 134 cm³/mol. The van der Waals surface area contributed by atoms with Crippen LogP contribution in [0.2, 0.25) is 0 Å². The van der Waals surface area contributed by atoms with E-state index in [2.05, 4.69) is 10.3 Å². The van der Waals surface area contributed by atoms with Crippen LogP contribution in [0.4, 0.5) is 14.6 Å². The molecular formula is C29H23F2N3O3. The van der Waals surface area contributed by atoms with E-state index in [4.69, 9.17) is 15.2 Å². The SMILES string of the molecule is COc1cc(N)nc(C)c1CNC(=O)c1ccc2c(c1)[C@@H]1O[C@H]2c2ccc(-c3ccc(F)cc3F)cc21. The van der Waals surface area contributed by atoms with E-state index in [9.17, 15) is 13.6 Å². The molecule has 0 unspecified atom stereocenters. The molecule has 2 atom stereocenters. The van der Waals surface area contributed by atoms with Gasteiger partial charge in [-0.1, -0.05) is 18.2 Å². The molecule has 3 aromatic carbocycles. The number of nitrogens with two attached hydrogens (primary N) is 1. The van der Waals surface area contributed by atoms with Crippen molar-refractivity contribution in [1.29, 1.82) is 0 Å². The number of hydrogen-bond donors (Lipinski definition) is 2. The van der Waals surface area contributed by atoms with Gasteiger partial charge in [0.1, 0.15) is 35.4 Å².